The number of fused-ring (bicyclic) bond motifs is 1. The number of nitrogens with one attached hydrogen (secondary N) is 2. The minimum absolute atomic E-state index is 0.0250. The van der Waals surface area contributed by atoms with Crippen molar-refractivity contribution in [2.45, 2.75) is 74.9 Å². The van der Waals surface area contributed by atoms with Gasteiger partial charge in [-0.05, 0) is 30.0 Å². The van der Waals surface area contributed by atoms with Gasteiger partial charge in [0.15, 0.2) is 11.3 Å². The molecule has 2 N–H and O–H groups in total. The van der Waals surface area contributed by atoms with E-state index < -0.39 is 92.2 Å². The van der Waals surface area contributed by atoms with E-state index >= 15 is 0 Å². The quantitative estimate of drug-likeness (QED) is 0.300. The molecule has 0 aromatic carbocycles. The van der Waals surface area contributed by atoms with Gasteiger partial charge in [-0.1, -0.05) is 5.16 Å². The summed E-state index contributed by atoms with van der Waals surface area (Å²) in [5, 5.41) is 15.6. The third-order valence-electron chi connectivity index (χ3n) is 8.03. The molecule has 12 nitrogen and oxygen atoms in total. The molecule has 5 rings (SSSR count). The van der Waals surface area contributed by atoms with Crippen LogP contribution in [0.15, 0.2) is 23.1 Å². The highest BCUT2D eigenvalue weighted by Crippen LogP contribution is 2.41. The SMILES string of the molecule is COC[C@H](c1cnn2cc([C@@H](NC(=O)c3nonc3CCC(F)(F)F)C3CCC(F)(F)CC3)nc2c1)N1C[C@@H](C(F)(F)F)NC1=O. The van der Waals surface area contributed by atoms with Crippen molar-refractivity contribution in [3.05, 3.63) is 41.1 Å². The first-order chi connectivity index (χ1) is 21.5. The van der Waals surface area contributed by atoms with Crippen LogP contribution in [0.5, 0.6) is 0 Å². The third kappa shape index (κ3) is 7.47. The monoisotopic (exact) mass is 668 g/mol. The van der Waals surface area contributed by atoms with Crippen molar-refractivity contribution in [2.24, 2.45) is 5.92 Å². The molecule has 2 fully saturated rings. The molecule has 1 saturated carbocycles. The van der Waals surface area contributed by atoms with Crippen LogP contribution in [-0.4, -0.2) is 86.3 Å². The lowest BCUT2D eigenvalue weighted by Gasteiger charge is -2.33. The number of hydrogen-bond donors (Lipinski definition) is 2. The van der Waals surface area contributed by atoms with Crippen molar-refractivity contribution in [2.75, 3.05) is 20.3 Å². The number of carbonyl (C=O) groups is 2. The highest BCUT2D eigenvalue weighted by atomic mass is 19.4. The number of aryl methyl sites for hydroxylation is 1. The van der Waals surface area contributed by atoms with Crippen LogP contribution < -0.4 is 10.6 Å². The second-order valence-corrected chi connectivity index (χ2v) is 11.2. The molecule has 3 aromatic heterocycles. The summed E-state index contributed by atoms with van der Waals surface area (Å²) >= 11 is 0. The largest absolute Gasteiger partial charge is 0.410 e. The minimum atomic E-state index is -4.67. The van der Waals surface area contributed by atoms with E-state index in [2.05, 4.69) is 30.3 Å². The summed E-state index contributed by atoms with van der Waals surface area (Å²) in [6.07, 6.45) is -9.46. The molecular formula is C26H28F8N8O4. The molecule has 0 bridgehead atoms. The summed E-state index contributed by atoms with van der Waals surface area (Å²) in [6.45, 7) is -0.857. The Morgan fingerprint density at radius 1 is 1.20 bits per heavy atom. The maximum Gasteiger partial charge on any atom is 0.410 e. The van der Waals surface area contributed by atoms with Crippen molar-refractivity contribution in [1.29, 1.82) is 0 Å². The zero-order chi connectivity index (χ0) is 33.4. The summed E-state index contributed by atoms with van der Waals surface area (Å²) in [6, 6.07) is -3.59. The van der Waals surface area contributed by atoms with E-state index in [1.807, 2.05) is 5.32 Å². The Morgan fingerprint density at radius 2 is 1.91 bits per heavy atom. The number of hydrogen-bond acceptors (Lipinski definition) is 8. The Morgan fingerprint density at radius 3 is 2.54 bits per heavy atom. The van der Waals surface area contributed by atoms with Crippen LogP contribution in [0.25, 0.3) is 5.65 Å². The number of aromatic nitrogens is 5. The van der Waals surface area contributed by atoms with Gasteiger partial charge in [0.05, 0.1) is 43.3 Å². The molecule has 3 amide bonds. The highest BCUT2D eigenvalue weighted by Gasteiger charge is 2.49. The number of nitrogens with zero attached hydrogens (tertiary/aromatic N) is 6. The molecule has 0 unspecified atom stereocenters. The number of methoxy groups -OCH3 is 1. The normalized spacial score (nSPS) is 20.6. The van der Waals surface area contributed by atoms with Gasteiger partial charge in [0, 0.05) is 38.4 Å². The van der Waals surface area contributed by atoms with Crippen LogP contribution in [0.1, 0.15) is 71.6 Å². The Hall–Kier alpha value is -4.10. The molecular weight excluding hydrogens is 640 g/mol. The van der Waals surface area contributed by atoms with Gasteiger partial charge >= 0.3 is 18.4 Å². The lowest BCUT2D eigenvalue weighted by Crippen LogP contribution is -2.40. The predicted octanol–water partition coefficient (Wildman–Crippen LogP) is 4.55. The van der Waals surface area contributed by atoms with E-state index in [0.29, 0.717) is 0 Å². The van der Waals surface area contributed by atoms with Gasteiger partial charge < -0.3 is 20.3 Å². The average molecular weight is 669 g/mol. The Kier molecular flexibility index (Phi) is 9.11. The number of imidazole rings is 1. The molecule has 1 aliphatic carbocycles. The number of rotatable bonds is 10. The summed E-state index contributed by atoms with van der Waals surface area (Å²) in [5.74, 6) is -4.43. The van der Waals surface area contributed by atoms with Crippen LogP contribution >= 0.6 is 0 Å². The third-order valence-corrected chi connectivity index (χ3v) is 8.03. The van der Waals surface area contributed by atoms with E-state index in [1.54, 1.807) is 0 Å². The zero-order valence-corrected chi connectivity index (χ0v) is 24.0. The molecule has 3 atom stereocenters. The van der Waals surface area contributed by atoms with Crippen molar-refractivity contribution in [3.63, 3.8) is 0 Å². The first-order valence-corrected chi connectivity index (χ1v) is 14.1. The summed E-state index contributed by atoms with van der Waals surface area (Å²) in [4.78, 5) is 31.2. The molecule has 1 saturated heterocycles. The zero-order valence-electron chi connectivity index (χ0n) is 24.0. The molecule has 0 radical (unpaired) electrons. The Labute approximate surface area is 254 Å². The van der Waals surface area contributed by atoms with Gasteiger partial charge in [0.25, 0.3) is 5.91 Å². The topological polar surface area (TPSA) is 140 Å². The molecule has 1 aliphatic heterocycles. The fourth-order valence-corrected chi connectivity index (χ4v) is 5.62. The van der Waals surface area contributed by atoms with Crippen molar-refractivity contribution >= 4 is 17.6 Å². The van der Waals surface area contributed by atoms with Crippen molar-refractivity contribution in [3.8, 4) is 0 Å². The highest BCUT2D eigenvalue weighted by molar-refractivity contribution is 5.93. The number of urea groups is 1. The van der Waals surface area contributed by atoms with Gasteiger partial charge in [-0.25, -0.2) is 27.7 Å². The molecule has 0 spiro atoms. The van der Waals surface area contributed by atoms with E-state index in [4.69, 9.17) is 4.74 Å². The van der Waals surface area contributed by atoms with E-state index in [0.717, 1.165) is 4.90 Å². The smallest absolute Gasteiger partial charge is 0.382 e. The number of alkyl halides is 8. The molecule has 46 heavy (non-hydrogen) atoms. The Bertz CT molecular complexity index is 1550. The summed E-state index contributed by atoms with van der Waals surface area (Å²) in [5.41, 5.74) is -0.239. The molecule has 20 heteroatoms. The number of halogens is 8. The fraction of sp³-hybridized carbons (Fsp3) is 0.615. The molecule has 4 heterocycles. The standard InChI is InChI=1S/C26H28F8N8O4/c1-45-12-17(41-11-18(26(32,33)34)37-23(41)44)14-8-19-36-16(10-42(19)35-9-14)20(13-2-5-24(27,28)6-3-13)38-22(43)21-15(39-46-40-21)4-7-25(29,30)31/h8-10,13,17-18,20H,2-7,11-12H2,1H3,(H,37,44)(H,38,43)/t17-,18+,20+/m1/s1. The van der Waals surface area contributed by atoms with Crippen LogP contribution in [0.3, 0.4) is 0 Å². The fourth-order valence-electron chi connectivity index (χ4n) is 5.62. The molecule has 3 aromatic rings. The van der Waals surface area contributed by atoms with E-state index in [9.17, 15) is 44.7 Å². The average Bonchev–Trinajstić information content (AvgIpc) is 3.71. The minimum Gasteiger partial charge on any atom is -0.382 e. The lowest BCUT2D eigenvalue weighted by atomic mass is 9.81. The summed E-state index contributed by atoms with van der Waals surface area (Å²) < 4.78 is 117. The van der Waals surface area contributed by atoms with Gasteiger partial charge in [0.1, 0.15) is 11.7 Å². The van der Waals surface area contributed by atoms with Gasteiger partial charge in [-0.3, -0.25) is 4.79 Å². The second kappa shape index (κ2) is 12.6. The van der Waals surface area contributed by atoms with E-state index in [-0.39, 0.29) is 42.0 Å². The van der Waals surface area contributed by atoms with Crippen molar-refractivity contribution in [1.82, 2.24) is 40.4 Å². The molecule has 2 aliphatic rings. The predicted molar refractivity (Wildman–Crippen MR) is 138 cm³/mol. The van der Waals surface area contributed by atoms with Gasteiger partial charge in [0.2, 0.25) is 5.92 Å². The van der Waals surface area contributed by atoms with Crippen molar-refractivity contribution < 1.29 is 54.1 Å². The molecule has 252 valence electrons. The van der Waals surface area contributed by atoms with Gasteiger partial charge in [-0.15, -0.1) is 0 Å². The number of ether oxygens (including phenoxy) is 1. The lowest BCUT2D eigenvalue weighted by molar-refractivity contribution is -0.150. The van der Waals surface area contributed by atoms with E-state index in [1.165, 1.54) is 30.1 Å². The maximum absolute atomic E-state index is 14.0. The Balaban J connectivity index is 1.43. The summed E-state index contributed by atoms with van der Waals surface area (Å²) in [7, 11) is 1.31. The van der Waals surface area contributed by atoms with Crippen LogP contribution in [0.4, 0.5) is 39.9 Å². The first kappa shape index (κ1) is 33.3. The second-order valence-electron chi connectivity index (χ2n) is 11.2. The number of carbonyl (C=O) groups excluding carboxylic acids is 2. The first-order valence-electron chi connectivity index (χ1n) is 14.1. The van der Waals surface area contributed by atoms with Crippen LogP contribution in [0, 0.1) is 5.92 Å². The van der Waals surface area contributed by atoms with Crippen LogP contribution in [-0.2, 0) is 11.2 Å². The van der Waals surface area contributed by atoms with Crippen LogP contribution in [0.2, 0.25) is 0 Å². The van der Waals surface area contributed by atoms with Gasteiger partial charge in [-0.2, -0.15) is 31.4 Å². The number of amides is 3. The maximum atomic E-state index is 14.0.